The minimum atomic E-state index is -1.82. The Morgan fingerprint density at radius 3 is 2.20 bits per heavy atom. The Labute approximate surface area is 169 Å². The summed E-state index contributed by atoms with van der Waals surface area (Å²) in [6.07, 6.45) is -2.58. The molecule has 30 heavy (non-hydrogen) atoms. The fraction of sp³-hybridized carbons (Fsp3) is 0.211. The van der Waals surface area contributed by atoms with Crippen LogP contribution in [0.15, 0.2) is 36.4 Å². The zero-order chi connectivity index (χ0) is 22.4. The maximum Gasteiger partial charge on any atom is 0.253 e. The lowest BCUT2D eigenvalue weighted by molar-refractivity contribution is -0.129. The first kappa shape index (κ1) is 22.8. The van der Waals surface area contributed by atoms with Crippen LogP contribution >= 0.6 is 0 Å². The van der Waals surface area contributed by atoms with E-state index in [4.69, 9.17) is 16.2 Å². The molecule has 0 saturated heterocycles. The average Bonchev–Trinajstić information content (AvgIpc) is 2.70. The van der Waals surface area contributed by atoms with E-state index in [0.29, 0.717) is 17.7 Å². The second-order valence-corrected chi connectivity index (χ2v) is 6.19. The Kier molecular flexibility index (Phi) is 7.50. The van der Waals surface area contributed by atoms with Crippen LogP contribution in [0.25, 0.3) is 0 Å². The largest absolute Gasteiger partial charge is 0.395 e. The first-order chi connectivity index (χ1) is 14.1. The Balaban J connectivity index is 2.09. The number of rotatable bonds is 8. The van der Waals surface area contributed by atoms with Crippen LogP contribution in [-0.4, -0.2) is 47.1 Å². The van der Waals surface area contributed by atoms with E-state index < -0.39 is 54.9 Å². The monoisotopic (exact) mass is 424 g/mol. The highest BCUT2D eigenvalue weighted by atomic mass is 19.2. The summed E-state index contributed by atoms with van der Waals surface area (Å²) in [5.74, 6) is -6.81. The molecule has 0 bridgehead atoms. The third-order valence-corrected chi connectivity index (χ3v) is 4.04. The molecule has 0 aliphatic rings. The standard InChI is InChI=1S/C19H19F3N4O4/c20-13-7-12(8-14(21)17(13)22)26(5-6-27)16(29)9-15(28)19(30)25-11-3-1-10(2-4-11)18(23)24/h1-4,7-8,15,27-28H,5-6,9H2,(H3,23,24)(H,25,30). The van der Waals surface area contributed by atoms with Gasteiger partial charge in [-0.05, 0) is 24.3 Å². The SMILES string of the molecule is N=C(N)c1ccc(NC(=O)C(O)CC(=O)N(CCO)c2cc(F)c(F)c(F)c2)cc1. The Morgan fingerprint density at radius 1 is 1.13 bits per heavy atom. The van der Waals surface area contributed by atoms with E-state index in [1.54, 1.807) is 0 Å². The fourth-order valence-electron chi connectivity index (χ4n) is 2.52. The highest BCUT2D eigenvalue weighted by Gasteiger charge is 2.25. The van der Waals surface area contributed by atoms with Crippen LogP contribution in [0.2, 0.25) is 0 Å². The average molecular weight is 424 g/mol. The van der Waals surface area contributed by atoms with Gasteiger partial charge < -0.3 is 26.2 Å². The number of aliphatic hydroxyl groups is 2. The van der Waals surface area contributed by atoms with Gasteiger partial charge in [0, 0.05) is 35.6 Å². The van der Waals surface area contributed by atoms with Crippen LogP contribution in [-0.2, 0) is 9.59 Å². The van der Waals surface area contributed by atoms with Crippen molar-refractivity contribution in [2.75, 3.05) is 23.4 Å². The summed E-state index contributed by atoms with van der Waals surface area (Å²) in [5.41, 5.74) is 5.64. The Morgan fingerprint density at radius 2 is 1.70 bits per heavy atom. The van der Waals surface area contributed by atoms with E-state index in [2.05, 4.69) is 5.32 Å². The third kappa shape index (κ3) is 5.55. The molecule has 2 amide bonds. The number of nitrogens with one attached hydrogen (secondary N) is 2. The maximum atomic E-state index is 13.5. The fourth-order valence-corrected chi connectivity index (χ4v) is 2.52. The molecule has 6 N–H and O–H groups in total. The highest BCUT2D eigenvalue weighted by molar-refractivity contribution is 6.01. The molecule has 0 spiro atoms. The number of hydrogen-bond donors (Lipinski definition) is 5. The molecule has 0 aliphatic heterocycles. The topological polar surface area (TPSA) is 140 Å². The second kappa shape index (κ2) is 9.85. The number of nitrogens with zero attached hydrogens (tertiary/aromatic N) is 1. The molecule has 0 aromatic heterocycles. The lowest BCUT2D eigenvalue weighted by atomic mass is 10.1. The number of amides is 2. The van der Waals surface area contributed by atoms with Gasteiger partial charge in [-0.3, -0.25) is 15.0 Å². The molecule has 2 rings (SSSR count). The molecule has 11 heteroatoms. The van der Waals surface area contributed by atoms with Gasteiger partial charge >= 0.3 is 0 Å². The summed E-state index contributed by atoms with van der Waals surface area (Å²) < 4.78 is 40.1. The molecule has 0 heterocycles. The number of halogens is 3. The lowest BCUT2D eigenvalue weighted by Crippen LogP contribution is -2.39. The van der Waals surface area contributed by atoms with Crippen molar-refractivity contribution in [3.63, 3.8) is 0 Å². The lowest BCUT2D eigenvalue weighted by Gasteiger charge is -2.23. The summed E-state index contributed by atoms with van der Waals surface area (Å²) in [4.78, 5) is 25.3. The van der Waals surface area contributed by atoms with Crippen LogP contribution in [0.3, 0.4) is 0 Å². The molecule has 160 valence electrons. The first-order valence-electron chi connectivity index (χ1n) is 8.63. The second-order valence-electron chi connectivity index (χ2n) is 6.19. The molecular weight excluding hydrogens is 405 g/mol. The Bertz CT molecular complexity index is 930. The quantitative estimate of drug-likeness (QED) is 0.245. The van der Waals surface area contributed by atoms with Crippen molar-refractivity contribution in [2.24, 2.45) is 5.73 Å². The molecule has 0 saturated carbocycles. The van der Waals surface area contributed by atoms with Gasteiger partial charge in [-0.25, -0.2) is 13.2 Å². The van der Waals surface area contributed by atoms with E-state index in [1.807, 2.05) is 0 Å². The van der Waals surface area contributed by atoms with Crippen molar-refractivity contribution in [3.8, 4) is 0 Å². The van der Waals surface area contributed by atoms with Crippen molar-refractivity contribution in [2.45, 2.75) is 12.5 Å². The summed E-state index contributed by atoms with van der Waals surface area (Å²) in [5, 5.41) is 28.8. The normalized spacial score (nSPS) is 11.6. The molecule has 0 radical (unpaired) electrons. The molecular formula is C19H19F3N4O4. The predicted octanol–water partition coefficient (Wildman–Crippen LogP) is 1.10. The van der Waals surface area contributed by atoms with Crippen molar-refractivity contribution < 1.29 is 33.0 Å². The van der Waals surface area contributed by atoms with Gasteiger partial charge in [0.15, 0.2) is 17.5 Å². The van der Waals surface area contributed by atoms with E-state index in [0.717, 1.165) is 4.90 Å². The summed E-state index contributed by atoms with van der Waals surface area (Å²) in [7, 11) is 0. The number of anilines is 2. The molecule has 0 aliphatic carbocycles. The van der Waals surface area contributed by atoms with E-state index >= 15 is 0 Å². The smallest absolute Gasteiger partial charge is 0.253 e. The van der Waals surface area contributed by atoms with E-state index in [1.165, 1.54) is 24.3 Å². The zero-order valence-electron chi connectivity index (χ0n) is 15.5. The zero-order valence-corrected chi connectivity index (χ0v) is 15.5. The van der Waals surface area contributed by atoms with Gasteiger partial charge in [0.1, 0.15) is 11.9 Å². The molecule has 2 aromatic carbocycles. The number of amidine groups is 1. The number of carbonyl (C=O) groups is 2. The van der Waals surface area contributed by atoms with Crippen molar-refractivity contribution in [1.29, 1.82) is 5.41 Å². The number of carbonyl (C=O) groups excluding carboxylic acids is 2. The summed E-state index contributed by atoms with van der Waals surface area (Å²) >= 11 is 0. The minimum absolute atomic E-state index is 0.170. The third-order valence-electron chi connectivity index (χ3n) is 4.04. The van der Waals surface area contributed by atoms with E-state index in [-0.39, 0.29) is 17.2 Å². The number of nitrogen functional groups attached to an aromatic ring is 1. The van der Waals surface area contributed by atoms with Gasteiger partial charge in [-0.15, -0.1) is 0 Å². The molecule has 2 aromatic rings. The van der Waals surface area contributed by atoms with Gasteiger partial charge in [0.25, 0.3) is 5.91 Å². The highest BCUT2D eigenvalue weighted by Crippen LogP contribution is 2.22. The first-order valence-corrected chi connectivity index (χ1v) is 8.63. The van der Waals surface area contributed by atoms with Gasteiger partial charge in [-0.1, -0.05) is 0 Å². The predicted molar refractivity (Wildman–Crippen MR) is 102 cm³/mol. The maximum absolute atomic E-state index is 13.5. The summed E-state index contributed by atoms with van der Waals surface area (Å²) in [6, 6.07) is 6.94. The van der Waals surface area contributed by atoms with Gasteiger partial charge in [0.05, 0.1) is 13.0 Å². The number of hydrogen-bond acceptors (Lipinski definition) is 5. The van der Waals surface area contributed by atoms with Crippen LogP contribution in [0, 0.1) is 22.9 Å². The molecule has 1 unspecified atom stereocenters. The number of nitrogens with two attached hydrogens (primary N) is 1. The van der Waals surface area contributed by atoms with Crippen LogP contribution < -0.4 is 16.0 Å². The number of aliphatic hydroxyl groups excluding tert-OH is 2. The van der Waals surface area contributed by atoms with Crippen LogP contribution in [0.4, 0.5) is 24.5 Å². The molecule has 8 nitrogen and oxygen atoms in total. The van der Waals surface area contributed by atoms with E-state index in [9.17, 15) is 27.9 Å². The van der Waals surface area contributed by atoms with Gasteiger partial charge in [0.2, 0.25) is 5.91 Å². The molecule has 0 fully saturated rings. The summed E-state index contributed by atoms with van der Waals surface area (Å²) in [6.45, 7) is -0.985. The Hall–Kier alpha value is -3.44. The van der Waals surface area contributed by atoms with Gasteiger partial charge in [-0.2, -0.15) is 0 Å². The van der Waals surface area contributed by atoms with Crippen molar-refractivity contribution >= 4 is 29.0 Å². The van der Waals surface area contributed by atoms with Crippen LogP contribution in [0.5, 0.6) is 0 Å². The van der Waals surface area contributed by atoms with Crippen LogP contribution in [0.1, 0.15) is 12.0 Å². The number of benzene rings is 2. The molecule has 1 atom stereocenters. The van der Waals surface area contributed by atoms with Crippen molar-refractivity contribution in [1.82, 2.24) is 0 Å². The van der Waals surface area contributed by atoms with Crippen molar-refractivity contribution in [3.05, 3.63) is 59.4 Å². The minimum Gasteiger partial charge on any atom is -0.395 e.